The number of carbonyl (C=O) groups is 1. The highest BCUT2D eigenvalue weighted by atomic mass is 16.5. The molecular formula is C19H23NO2. The maximum absolute atomic E-state index is 12.2. The summed E-state index contributed by atoms with van der Waals surface area (Å²) in [6.45, 7) is 6.55. The van der Waals surface area contributed by atoms with Crippen molar-refractivity contribution < 1.29 is 9.53 Å². The zero-order valence-corrected chi connectivity index (χ0v) is 13.4. The van der Waals surface area contributed by atoms with Gasteiger partial charge < -0.3 is 10.1 Å². The van der Waals surface area contributed by atoms with E-state index >= 15 is 0 Å². The second-order valence-electron chi connectivity index (χ2n) is 5.57. The molecule has 0 bridgehead atoms. The topological polar surface area (TPSA) is 38.3 Å². The minimum absolute atomic E-state index is 0.00526. The van der Waals surface area contributed by atoms with Crippen LogP contribution in [0.15, 0.2) is 48.5 Å². The van der Waals surface area contributed by atoms with Crippen LogP contribution in [0.4, 0.5) is 0 Å². The Morgan fingerprint density at radius 2 is 1.82 bits per heavy atom. The number of amides is 1. The Labute approximate surface area is 132 Å². The van der Waals surface area contributed by atoms with Crippen LogP contribution in [-0.4, -0.2) is 18.6 Å². The van der Waals surface area contributed by atoms with Crippen molar-refractivity contribution in [2.45, 2.75) is 33.2 Å². The van der Waals surface area contributed by atoms with Gasteiger partial charge in [0.1, 0.15) is 12.4 Å². The second kappa shape index (κ2) is 7.64. The molecule has 0 radical (unpaired) electrons. The van der Waals surface area contributed by atoms with Crippen LogP contribution in [0.1, 0.15) is 34.8 Å². The number of hydrogen-bond donors (Lipinski definition) is 1. The van der Waals surface area contributed by atoms with Crippen molar-refractivity contribution in [1.82, 2.24) is 5.32 Å². The van der Waals surface area contributed by atoms with E-state index in [-0.39, 0.29) is 11.9 Å². The Balaban J connectivity index is 1.91. The van der Waals surface area contributed by atoms with Crippen molar-refractivity contribution in [3.63, 3.8) is 0 Å². The first-order valence-corrected chi connectivity index (χ1v) is 7.65. The lowest BCUT2D eigenvalue weighted by atomic mass is 10.1. The van der Waals surface area contributed by atoms with Crippen LogP contribution < -0.4 is 10.1 Å². The fourth-order valence-corrected chi connectivity index (χ4v) is 2.14. The standard InChI is InChI=1S/C19H23NO2/c1-4-17(13-22-18-7-5-6-15(3)12-18)20-19(21)16-10-8-14(2)9-11-16/h5-12,17H,4,13H2,1-3H3,(H,20,21). The lowest BCUT2D eigenvalue weighted by Gasteiger charge is -2.18. The highest BCUT2D eigenvalue weighted by molar-refractivity contribution is 5.94. The first-order chi connectivity index (χ1) is 10.6. The second-order valence-corrected chi connectivity index (χ2v) is 5.57. The summed E-state index contributed by atoms with van der Waals surface area (Å²) in [5, 5.41) is 3.02. The van der Waals surface area contributed by atoms with Gasteiger partial charge in [0, 0.05) is 5.56 Å². The van der Waals surface area contributed by atoms with Crippen molar-refractivity contribution in [1.29, 1.82) is 0 Å². The van der Waals surface area contributed by atoms with Crippen LogP contribution in [-0.2, 0) is 0 Å². The molecule has 2 aromatic rings. The van der Waals surface area contributed by atoms with Gasteiger partial charge in [0.2, 0.25) is 0 Å². The van der Waals surface area contributed by atoms with Gasteiger partial charge in [-0.1, -0.05) is 36.8 Å². The summed E-state index contributed by atoms with van der Waals surface area (Å²) in [6.07, 6.45) is 0.823. The Hall–Kier alpha value is -2.29. The first kappa shape index (κ1) is 16.1. The molecule has 0 aliphatic rings. The zero-order chi connectivity index (χ0) is 15.9. The Morgan fingerprint density at radius 1 is 1.09 bits per heavy atom. The Bertz CT molecular complexity index is 620. The lowest BCUT2D eigenvalue weighted by Crippen LogP contribution is -2.38. The summed E-state index contributed by atoms with van der Waals surface area (Å²) < 4.78 is 5.78. The van der Waals surface area contributed by atoms with Crippen LogP contribution in [0.3, 0.4) is 0 Å². The molecule has 1 unspecified atom stereocenters. The molecule has 0 saturated carbocycles. The minimum atomic E-state index is -0.0558. The molecule has 0 fully saturated rings. The van der Waals surface area contributed by atoms with Crippen LogP contribution in [0.25, 0.3) is 0 Å². The van der Waals surface area contributed by atoms with Crippen LogP contribution in [0.2, 0.25) is 0 Å². The number of aryl methyl sites for hydroxylation is 2. The number of rotatable bonds is 6. The molecule has 0 spiro atoms. The van der Waals surface area contributed by atoms with Crippen LogP contribution >= 0.6 is 0 Å². The van der Waals surface area contributed by atoms with Crippen LogP contribution in [0.5, 0.6) is 5.75 Å². The summed E-state index contributed by atoms with van der Waals surface area (Å²) >= 11 is 0. The number of carbonyl (C=O) groups excluding carboxylic acids is 1. The van der Waals surface area contributed by atoms with Crippen LogP contribution in [0, 0.1) is 13.8 Å². The lowest BCUT2D eigenvalue weighted by molar-refractivity contribution is 0.0920. The van der Waals surface area contributed by atoms with Crippen molar-refractivity contribution in [3.8, 4) is 5.75 Å². The third-order valence-corrected chi connectivity index (χ3v) is 3.58. The number of benzene rings is 2. The average Bonchev–Trinajstić information content (AvgIpc) is 2.52. The smallest absolute Gasteiger partial charge is 0.251 e. The predicted molar refractivity (Wildman–Crippen MR) is 89.4 cm³/mol. The molecule has 116 valence electrons. The highest BCUT2D eigenvalue weighted by Crippen LogP contribution is 2.13. The van der Waals surface area contributed by atoms with Gasteiger partial charge in [-0.05, 0) is 50.1 Å². The van der Waals surface area contributed by atoms with Gasteiger partial charge in [-0.25, -0.2) is 0 Å². The largest absolute Gasteiger partial charge is 0.491 e. The van der Waals surface area contributed by atoms with Gasteiger partial charge >= 0.3 is 0 Å². The average molecular weight is 297 g/mol. The monoisotopic (exact) mass is 297 g/mol. The maximum Gasteiger partial charge on any atom is 0.251 e. The molecule has 2 aromatic carbocycles. The molecule has 0 saturated heterocycles. The number of hydrogen-bond acceptors (Lipinski definition) is 2. The predicted octanol–water partition coefficient (Wildman–Crippen LogP) is 3.89. The molecule has 3 nitrogen and oxygen atoms in total. The first-order valence-electron chi connectivity index (χ1n) is 7.65. The minimum Gasteiger partial charge on any atom is -0.491 e. The third kappa shape index (κ3) is 4.62. The fourth-order valence-electron chi connectivity index (χ4n) is 2.14. The molecule has 3 heteroatoms. The van der Waals surface area contributed by atoms with Crippen molar-refractivity contribution >= 4 is 5.91 Å². The number of ether oxygens (including phenoxy) is 1. The summed E-state index contributed by atoms with van der Waals surface area (Å²) in [4.78, 5) is 12.2. The maximum atomic E-state index is 12.2. The van der Waals surface area contributed by atoms with E-state index in [1.165, 1.54) is 0 Å². The molecule has 1 N–H and O–H groups in total. The molecule has 0 aromatic heterocycles. The molecule has 0 aliphatic heterocycles. The normalized spacial score (nSPS) is 11.8. The van der Waals surface area contributed by atoms with E-state index in [4.69, 9.17) is 4.74 Å². The van der Waals surface area contributed by atoms with Gasteiger partial charge in [-0.2, -0.15) is 0 Å². The fraction of sp³-hybridized carbons (Fsp3) is 0.316. The third-order valence-electron chi connectivity index (χ3n) is 3.58. The molecule has 1 atom stereocenters. The summed E-state index contributed by atoms with van der Waals surface area (Å²) in [5.41, 5.74) is 2.99. The summed E-state index contributed by atoms with van der Waals surface area (Å²) in [7, 11) is 0. The molecular weight excluding hydrogens is 274 g/mol. The summed E-state index contributed by atoms with van der Waals surface area (Å²) in [6, 6.07) is 15.5. The van der Waals surface area contributed by atoms with Gasteiger partial charge in [0.05, 0.1) is 6.04 Å². The molecule has 22 heavy (non-hydrogen) atoms. The van der Waals surface area contributed by atoms with E-state index in [1.54, 1.807) is 0 Å². The number of nitrogens with one attached hydrogen (secondary N) is 1. The van der Waals surface area contributed by atoms with Crippen molar-refractivity contribution in [3.05, 3.63) is 65.2 Å². The van der Waals surface area contributed by atoms with E-state index < -0.39 is 0 Å². The molecule has 1 amide bonds. The van der Waals surface area contributed by atoms with E-state index in [0.717, 1.165) is 23.3 Å². The van der Waals surface area contributed by atoms with Gasteiger partial charge in [-0.15, -0.1) is 0 Å². The van der Waals surface area contributed by atoms with E-state index in [2.05, 4.69) is 5.32 Å². The van der Waals surface area contributed by atoms with E-state index in [1.807, 2.05) is 69.3 Å². The van der Waals surface area contributed by atoms with Crippen molar-refractivity contribution in [2.75, 3.05) is 6.61 Å². The Kier molecular flexibility index (Phi) is 5.59. The van der Waals surface area contributed by atoms with Gasteiger partial charge in [0.15, 0.2) is 0 Å². The van der Waals surface area contributed by atoms with Gasteiger partial charge in [-0.3, -0.25) is 4.79 Å². The van der Waals surface area contributed by atoms with E-state index in [0.29, 0.717) is 12.2 Å². The zero-order valence-electron chi connectivity index (χ0n) is 13.4. The Morgan fingerprint density at radius 3 is 2.45 bits per heavy atom. The molecule has 0 aliphatic carbocycles. The summed E-state index contributed by atoms with van der Waals surface area (Å²) in [5.74, 6) is 0.780. The molecule has 2 rings (SSSR count). The van der Waals surface area contributed by atoms with Crippen molar-refractivity contribution in [2.24, 2.45) is 0 Å². The van der Waals surface area contributed by atoms with E-state index in [9.17, 15) is 4.79 Å². The SMILES string of the molecule is CCC(COc1cccc(C)c1)NC(=O)c1ccc(C)cc1. The highest BCUT2D eigenvalue weighted by Gasteiger charge is 2.12. The molecule has 0 heterocycles. The van der Waals surface area contributed by atoms with Gasteiger partial charge in [0.25, 0.3) is 5.91 Å². The quantitative estimate of drug-likeness (QED) is 0.878.